The molecule has 0 saturated carbocycles. The van der Waals surface area contributed by atoms with Gasteiger partial charge in [0.2, 0.25) is 10.0 Å². The van der Waals surface area contributed by atoms with Gasteiger partial charge >= 0.3 is 0 Å². The number of rotatable bonds is 7. The average Bonchev–Trinajstić information content (AvgIpc) is 3.24. The van der Waals surface area contributed by atoms with Crippen LogP contribution in [0, 0.1) is 5.82 Å². The lowest BCUT2D eigenvalue weighted by atomic mass is 10.1. The van der Waals surface area contributed by atoms with Crippen molar-refractivity contribution in [2.24, 2.45) is 0 Å². The van der Waals surface area contributed by atoms with Gasteiger partial charge in [-0.25, -0.2) is 17.8 Å². The summed E-state index contributed by atoms with van der Waals surface area (Å²) < 4.78 is 42.2. The molecule has 0 spiro atoms. The second-order valence-corrected chi connectivity index (χ2v) is 10.2. The van der Waals surface area contributed by atoms with E-state index in [1.807, 2.05) is 36.4 Å². The summed E-state index contributed by atoms with van der Waals surface area (Å²) in [6, 6.07) is 18.4. The largest absolute Gasteiger partial charge is 0.321 e. The third-order valence-corrected chi connectivity index (χ3v) is 8.35. The third-order valence-electron chi connectivity index (χ3n) is 5.22. The Morgan fingerprint density at radius 1 is 1.03 bits per heavy atom. The molecule has 0 aliphatic carbocycles. The van der Waals surface area contributed by atoms with Crippen LogP contribution in [0.4, 0.5) is 10.1 Å². The topological polar surface area (TPSA) is 79.4 Å². The van der Waals surface area contributed by atoms with Gasteiger partial charge in [-0.15, -0.1) is 11.3 Å². The lowest BCUT2D eigenvalue weighted by Crippen LogP contribution is -2.31. The van der Waals surface area contributed by atoms with E-state index in [2.05, 4.69) is 10.3 Å². The number of thiazole rings is 1. The highest BCUT2D eigenvalue weighted by Gasteiger charge is 2.26. The number of hydrogen-bond donors (Lipinski definition) is 1. The van der Waals surface area contributed by atoms with Gasteiger partial charge in [-0.1, -0.05) is 38.1 Å². The monoisotopic (exact) mass is 483 g/mol. The summed E-state index contributed by atoms with van der Waals surface area (Å²) in [4.78, 5) is 17.1. The first-order valence-electron chi connectivity index (χ1n) is 10.4. The van der Waals surface area contributed by atoms with Gasteiger partial charge in [0.05, 0.1) is 15.9 Å². The molecule has 170 valence electrons. The fourth-order valence-corrected chi connectivity index (χ4v) is 6.06. The Hall–Kier alpha value is -3.14. The van der Waals surface area contributed by atoms with Crippen LogP contribution >= 0.6 is 11.3 Å². The van der Waals surface area contributed by atoms with E-state index in [0.29, 0.717) is 5.69 Å². The zero-order valence-electron chi connectivity index (χ0n) is 18.1. The SMILES string of the molecule is CCN(CC)S(=O)(=O)c1cc(C(=O)Nc2ccccc2-c2nc3ccccc3s2)ccc1F. The zero-order chi connectivity index (χ0) is 23.6. The molecule has 0 fully saturated rings. The molecule has 0 radical (unpaired) electrons. The van der Waals surface area contributed by atoms with Crippen molar-refractivity contribution in [2.45, 2.75) is 18.7 Å². The number of benzene rings is 3. The summed E-state index contributed by atoms with van der Waals surface area (Å²) in [6.07, 6.45) is 0. The van der Waals surface area contributed by atoms with Gasteiger partial charge in [-0.05, 0) is 42.5 Å². The Labute approximate surface area is 195 Å². The Bertz CT molecular complexity index is 1400. The normalized spacial score (nSPS) is 11.8. The van der Waals surface area contributed by atoms with E-state index >= 15 is 0 Å². The Morgan fingerprint density at radius 2 is 1.73 bits per heavy atom. The fraction of sp³-hybridized carbons (Fsp3) is 0.167. The first-order valence-corrected chi connectivity index (χ1v) is 12.7. The highest BCUT2D eigenvalue weighted by molar-refractivity contribution is 7.89. The maximum absolute atomic E-state index is 14.4. The molecule has 33 heavy (non-hydrogen) atoms. The van der Waals surface area contributed by atoms with E-state index in [-0.39, 0.29) is 18.7 Å². The molecule has 9 heteroatoms. The number of halogens is 1. The van der Waals surface area contributed by atoms with Crippen LogP contribution in [-0.2, 0) is 10.0 Å². The van der Waals surface area contributed by atoms with Gasteiger partial charge in [0.25, 0.3) is 5.91 Å². The smallest absolute Gasteiger partial charge is 0.255 e. The van der Waals surface area contributed by atoms with Crippen LogP contribution in [0.3, 0.4) is 0 Å². The van der Waals surface area contributed by atoms with Crippen molar-refractivity contribution in [3.63, 3.8) is 0 Å². The third kappa shape index (κ3) is 4.52. The summed E-state index contributed by atoms with van der Waals surface area (Å²) in [7, 11) is -4.06. The summed E-state index contributed by atoms with van der Waals surface area (Å²) in [5, 5.41) is 3.57. The number of nitrogens with one attached hydrogen (secondary N) is 1. The second kappa shape index (κ2) is 9.38. The Balaban J connectivity index is 1.68. The van der Waals surface area contributed by atoms with Crippen molar-refractivity contribution in [2.75, 3.05) is 18.4 Å². The minimum Gasteiger partial charge on any atom is -0.321 e. The van der Waals surface area contributed by atoms with Crippen LogP contribution in [-0.4, -0.2) is 36.7 Å². The number of hydrogen-bond acceptors (Lipinski definition) is 5. The molecule has 0 aliphatic rings. The van der Waals surface area contributed by atoms with Crippen LogP contribution in [0.15, 0.2) is 71.6 Å². The Kier molecular flexibility index (Phi) is 6.55. The highest BCUT2D eigenvalue weighted by atomic mass is 32.2. The van der Waals surface area contributed by atoms with Crippen molar-refractivity contribution >= 4 is 43.2 Å². The molecule has 4 rings (SSSR count). The van der Waals surface area contributed by atoms with Crippen LogP contribution in [0.1, 0.15) is 24.2 Å². The summed E-state index contributed by atoms with van der Waals surface area (Å²) in [6.45, 7) is 3.75. The number of fused-ring (bicyclic) bond motifs is 1. The quantitative estimate of drug-likeness (QED) is 0.382. The number of carbonyl (C=O) groups is 1. The van der Waals surface area contributed by atoms with Crippen molar-refractivity contribution in [1.82, 2.24) is 9.29 Å². The molecule has 1 heterocycles. The molecule has 3 aromatic carbocycles. The van der Waals surface area contributed by atoms with Gasteiger partial charge in [0, 0.05) is 24.2 Å². The minimum atomic E-state index is -4.06. The molecular formula is C24H22FN3O3S2. The predicted molar refractivity (Wildman–Crippen MR) is 130 cm³/mol. The summed E-state index contributed by atoms with van der Waals surface area (Å²) in [5.74, 6) is -1.44. The van der Waals surface area contributed by atoms with Gasteiger partial charge in [-0.2, -0.15) is 4.31 Å². The van der Waals surface area contributed by atoms with E-state index in [1.165, 1.54) is 17.4 Å². The molecule has 0 atom stereocenters. The van der Waals surface area contributed by atoms with Gasteiger partial charge in [-0.3, -0.25) is 4.79 Å². The lowest BCUT2D eigenvalue weighted by molar-refractivity contribution is 0.102. The van der Waals surface area contributed by atoms with Crippen molar-refractivity contribution in [3.8, 4) is 10.6 Å². The van der Waals surface area contributed by atoms with Crippen molar-refractivity contribution in [1.29, 1.82) is 0 Å². The van der Waals surface area contributed by atoms with Crippen LogP contribution in [0.2, 0.25) is 0 Å². The molecule has 4 aromatic rings. The molecule has 0 aliphatic heterocycles. The molecule has 1 N–H and O–H groups in total. The molecule has 1 amide bonds. The standard InChI is InChI=1S/C24H22FN3O3S2/c1-3-28(4-2)33(30,31)22-15-16(13-14-18(22)25)23(29)26-19-10-6-5-9-17(19)24-27-20-11-7-8-12-21(20)32-24/h5-15H,3-4H2,1-2H3,(H,26,29). The maximum atomic E-state index is 14.4. The summed E-state index contributed by atoms with van der Waals surface area (Å²) >= 11 is 1.51. The van der Waals surface area contributed by atoms with E-state index < -0.39 is 26.6 Å². The van der Waals surface area contributed by atoms with Gasteiger partial charge in [0.15, 0.2) is 0 Å². The summed E-state index contributed by atoms with van der Waals surface area (Å²) in [5.41, 5.74) is 2.17. The first kappa shape index (κ1) is 23.0. The van der Waals surface area contributed by atoms with Crippen molar-refractivity contribution in [3.05, 3.63) is 78.1 Å². The fourth-order valence-electron chi connectivity index (χ4n) is 3.51. The number of carbonyl (C=O) groups excluding carboxylic acids is 1. The minimum absolute atomic E-state index is 0.0428. The maximum Gasteiger partial charge on any atom is 0.255 e. The van der Waals surface area contributed by atoms with E-state index in [4.69, 9.17) is 0 Å². The number of nitrogens with zero attached hydrogens (tertiary/aromatic N) is 2. The molecule has 6 nitrogen and oxygen atoms in total. The van der Waals surface area contributed by atoms with Crippen LogP contribution in [0.5, 0.6) is 0 Å². The first-order chi connectivity index (χ1) is 15.8. The highest BCUT2D eigenvalue weighted by Crippen LogP contribution is 2.34. The molecule has 0 bridgehead atoms. The Morgan fingerprint density at radius 3 is 2.45 bits per heavy atom. The van der Waals surface area contributed by atoms with E-state index in [9.17, 15) is 17.6 Å². The number of aromatic nitrogens is 1. The molecule has 1 aromatic heterocycles. The lowest BCUT2D eigenvalue weighted by Gasteiger charge is -2.19. The molecule has 0 saturated heterocycles. The van der Waals surface area contributed by atoms with E-state index in [1.54, 1.807) is 26.0 Å². The zero-order valence-corrected chi connectivity index (χ0v) is 19.7. The van der Waals surface area contributed by atoms with Crippen LogP contribution < -0.4 is 5.32 Å². The molecular weight excluding hydrogens is 461 g/mol. The van der Waals surface area contributed by atoms with Gasteiger partial charge in [0.1, 0.15) is 15.7 Å². The predicted octanol–water partition coefficient (Wildman–Crippen LogP) is 5.39. The number of amides is 1. The number of sulfonamides is 1. The van der Waals surface area contributed by atoms with Crippen molar-refractivity contribution < 1.29 is 17.6 Å². The molecule has 0 unspecified atom stereocenters. The van der Waals surface area contributed by atoms with Crippen LogP contribution in [0.25, 0.3) is 20.8 Å². The average molecular weight is 484 g/mol. The van der Waals surface area contributed by atoms with E-state index in [0.717, 1.165) is 37.2 Å². The second-order valence-electron chi connectivity index (χ2n) is 7.22. The van der Waals surface area contributed by atoms with Gasteiger partial charge < -0.3 is 5.32 Å². The number of para-hydroxylation sites is 2. The number of anilines is 1.